The lowest BCUT2D eigenvalue weighted by Gasteiger charge is -2.22. The van der Waals surface area contributed by atoms with Crippen molar-refractivity contribution < 1.29 is 5.11 Å². The SMILES string of the molecule is CN(C)CCN(C)C(O)/C=C/c1ccccc1. The Bertz CT molecular complexity index is 335. The van der Waals surface area contributed by atoms with E-state index in [1.165, 1.54) is 0 Å². The van der Waals surface area contributed by atoms with Gasteiger partial charge < -0.3 is 10.0 Å². The van der Waals surface area contributed by atoms with Crippen LogP contribution in [0.1, 0.15) is 5.56 Å². The Hall–Kier alpha value is -1.16. The van der Waals surface area contributed by atoms with Gasteiger partial charge in [0.1, 0.15) is 6.23 Å². The average Bonchev–Trinajstić information content (AvgIpc) is 2.34. The molecule has 1 atom stereocenters. The third-order valence-electron chi connectivity index (χ3n) is 2.61. The van der Waals surface area contributed by atoms with Crippen molar-refractivity contribution in [3.05, 3.63) is 42.0 Å². The van der Waals surface area contributed by atoms with E-state index in [4.69, 9.17) is 0 Å². The second-order valence-corrected chi connectivity index (χ2v) is 4.47. The molecule has 1 aromatic carbocycles. The van der Waals surface area contributed by atoms with Gasteiger partial charge in [0.2, 0.25) is 0 Å². The topological polar surface area (TPSA) is 26.7 Å². The van der Waals surface area contributed by atoms with Gasteiger partial charge in [-0.2, -0.15) is 0 Å². The summed E-state index contributed by atoms with van der Waals surface area (Å²) in [4.78, 5) is 4.02. The Morgan fingerprint density at radius 1 is 1.12 bits per heavy atom. The van der Waals surface area contributed by atoms with Crippen molar-refractivity contribution in [1.82, 2.24) is 9.80 Å². The van der Waals surface area contributed by atoms with Crippen LogP contribution in [-0.2, 0) is 0 Å². The van der Waals surface area contributed by atoms with E-state index in [9.17, 15) is 5.11 Å². The highest BCUT2D eigenvalue weighted by Crippen LogP contribution is 2.03. The monoisotopic (exact) mass is 234 g/mol. The lowest BCUT2D eigenvalue weighted by atomic mass is 10.2. The Morgan fingerprint density at radius 3 is 2.35 bits per heavy atom. The van der Waals surface area contributed by atoms with E-state index in [1.54, 1.807) is 0 Å². The quantitative estimate of drug-likeness (QED) is 0.756. The molecule has 1 N–H and O–H groups in total. The summed E-state index contributed by atoms with van der Waals surface area (Å²) in [6.45, 7) is 1.78. The molecule has 0 heterocycles. The van der Waals surface area contributed by atoms with E-state index in [0.717, 1.165) is 18.7 Å². The highest BCUT2D eigenvalue weighted by Gasteiger charge is 2.06. The van der Waals surface area contributed by atoms with E-state index in [-0.39, 0.29) is 0 Å². The first-order valence-electron chi connectivity index (χ1n) is 5.86. The fourth-order valence-corrected chi connectivity index (χ4v) is 1.40. The molecular formula is C14H22N2O. The number of nitrogens with zero attached hydrogens (tertiary/aromatic N) is 2. The Morgan fingerprint density at radius 2 is 1.76 bits per heavy atom. The maximum Gasteiger partial charge on any atom is 0.126 e. The molecular weight excluding hydrogens is 212 g/mol. The van der Waals surface area contributed by atoms with E-state index in [0.29, 0.717) is 0 Å². The molecule has 0 saturated heterocycles. The first-order chi connectivity index (χ1) is 8.09. The second kappa shape index (κ2) is 7.22. The number of rotatable bonds is 6. The van der Waals surface area contributed by atoms with Crippen LogP contribution < -0.4 is 0 Å². The minimum absolute atomic E-state index is 0.532. The summed E-state index contributed by atoms with van der Waals surface area (Å²) in [6.07, 6.45) is 3.22. The molecule has 1 unspecified atom stereocenters. The number of benzene rings is 1. The summed E-state index contributed by atoms with van der Waals surface area (Å²) in [6, 6.07) is 9.99. The molecule has 0 bridgehead atoms. The lowest BCUT2D eigenvalue weighted by Crippen LogP contribution is -2.35. The van der Waals surface area contributed by atoms with Crippen LogP contribution in [0.2, 0.25) is 0 Å². The fourth-order valence-electron chi connectivity index (χ4n) is 1.40. The first kappa shape index (κ1) is 13.9. The van der Waals surface area contributed by atoms with Crippen LogP contribution in [0.3, 0.4) is 0 Å². The minimum Gasteiger partial charge on any atom is -0.375 e. The molecule has 0 aromatic heterocycles. The van der Waals surface area contributed by atoms with Gasteiger partial charge in [0.15, 0.2) is 0 Å². The summed E-state index contributed by atoms with van der Waals surface area (Å²) < 4.78 is 0. The maximum absolute atomic E-state index is 9.91. The van der Waals surface area contributed by atoms with E-state index in [2.05, 4.69) is 4.90 Å². The largest absolute Gasteiger partial charge is 0.375 e. The van der Waals surface area contributed by atoms with Crippen LogP contribution in [0.5, 0.6) is 0 Å². The normalized spacial score (nSPS) is 13.8. The van der Waals surface area contributed by atoms with Crippen LogP contribution in [0, 0.1) is 0 Å². The van der Waals surface area contributed by atoms with Crippen molar-refractivity contribution in [1.29, 1.82) is 0 Å². The van der Waals surface area contributed by atoms with E-state index < -0.39 is 6.23 Å². The van der Waals surface area contributed by atoms with Crippen molar-refractivity contribution in [2.45, 2.75) is 6.23 Å². The van der Waals surface area contributed by atoms with Gasteiger partial charge in [-0.05, 0) is 32.8 Å². The molecule has 1 rings (SSSR count). The number of aliphatic hydroxyl groups excluding tert-OH is 1. The Labute approximate surface area is 104 Å². The second-order valence-electron chi connectivity index (χ2n) is 4.47. The van der Waals surface area contributed by atoms with Crippen LogP contribution in [-0.4, -0.2) is 55.4 Å². The van der Waals surface area contributed by atoms with Crippen LogP contribution >= 0.6 is 0 Å². The van der Waals surface area contributed by atoms with Crippen molar-refractivity contribution in [3.63, 3.8) is 0 Å². The zero-order valence-electron chi connectivity index (χ0n) is 10.9. The van der Waals surface area contributed by atoms with Crippen LogP contribution in [0.25, 0.3) is 6.08 Å². The summed E-state index contributed by atoms with van der Waals surface area (Å²) in [7, 11) is 5.98. The van der Waals surface area contributed by atoms with Gasteiger partial charge in [0.05, 0.1) is 0 Å². The highest BCUT2D eigenvalue weighted by molar-refractivity contribution is 5.49. The number of hydrogen-bond donors (Lipinski definition) is 1. The van der Waals surface area contributed by atoms with Gasteiger partial charge in [-0.15, -0.1) is 0 Å². The molecule has 94 valence electrons. The van der Waals surface area contributed by atoms with Gasteiger partial charge in [0, 0.05) is 13.1 Å². The summed E-state index contributed by atoms with van der Waals surface area (Å²) >= 11 is 0. The molecule has 1 aromatic rings. The maximum atomic E-state index is 9.91. The highest BCUT2D eigenvalue weighted by atomic mass is 16.3. The number of hydrogen-bond acceptors (Lipinski definition) is 3. The van der Waals surface area contributed by atoms with E-state index in [1.807, 2.05) is 68.5 Å². The fraction of sp³-hybridized carbons (Fsp3) is 0.429. The lowest BCUT2D eigenvalue weighted by molar-refractivity contribution is 0.0590. The van der Waals surface area contributed by atoms with Gasteiger partial charge in [0.25, 0.3) is 0 Å². The smallest absolute Gasteiger partial charge is 0.126 e. The minimum atomic E-state index is -0.532. The number of aliphatic hydroxyl groups is 1. The summed E-state index contributed by atoms with van der Waals surface area (Å²) in [5, 5.41) is 9.91. The molecule has 0 aliphatic heterocycles. The zero-order chi connectivity index (χ0) is 12.7. The number of likely N-dealkylation sites (N-methyl/N-ethyl adjacent to an activating group) is 2. The van der Waals surface area contributed by atoms with Crippen LogP contribution in [0.15, 0.2) is 36.4 Å². The van der Waals surface area contributed by atoms with Crippen LogP contribution in [0.4, 0.5) is 0 Å². The molecule has 3 heteroatoms. The van der Waals surface area contributed by atoms with Crippen molar-refractivity contribution >= 4 is 6.08 Å². The van der Waals surface area contributed by atoms with Crippen molar-refractivity contribution in [2.75, 3.05) is 34.2 Å². The molecule has 0 radical (unpaired) electrons. The third kappa shape index (κ3) is 5.63. The van der Waals surface area contributed by atoms with Crippen molar-refractivity contribution in [2.24, 2.45) is 0 Å². The summed E-state index contributed by atoms with van der Waals surface area (Å²) in [5.74, 6) is 0. The van der Waals surface area contributed by atoms with Gasteiger partial charge in [-0.3, -0.25) is 4.90 Å². The molecule has 0 amide bonds. The Kier molecular flexibility index (Phi) is 5.91. The molecule has 0 aliphatic carbocycles. The van der Waals surface area contributed by atoms with Gasteiger partial charge in [-0.25, -0.2) is 0 Å². The zero-order valence-corrected chi connectivity index (χ0v) is 10.9. The van der Waals surface area contributed by atoms with Gasteiger partial charge >= 0.3 is 0 Å². The molecule has 0 fully saturated rings. The molecule has 0 saturated carbocycles. The predicted molar refractivity (Wildman–Crippen MR) is 72.7 cm³/mol. The van der Waals surface area contributed by atoms with E-state index >= 15 is 0 Å². The molecule has 0 spiro atoms. The molecule has 3 nitrogen and oxygen atoms in total. The first-order valence-corrected chi connectivity index (χ1v) is 5.86. The predicted octanol–water partition coefficient (Wildman–Crippen LogP) is 1.51. The standard InChI is InChI=1S/C14H22N2O/c1-15(2)11-12-16(3)14(17)10-9-13-7-5-4-6-8-13/h4-10,14,17H,11-12H2,1-3H3/b10-9+. The summed E-state index contributed by atoms with van der Waals surface area (Å²) in [5.41, 5.74) is 1.10. The average molecular weight is 234 g/mol. The molecule has 17 heavy (non-hydrogen) atoms. The Balaban J connectivity index is 2.43. The van der Waals surface area contributed by atoms with Crippen molar-refractivity contribution in [3.8, 4) is 0 Å². The molecule has 0 aliphatic rings. The third-order valence-corrected chi connectivity index (χ3v) is 2.61. The van der Waals surface area contributed by atoms with Gasteiger partial charge in [-0.1, -0.05) is 36.4 Å².